The summed E-state index contributed by atoms with van der Waals surface area (Å²) in [5.74, 6) is 0.441. The summed E-state index contributed by atoms with van der Waals surface area (Å²) in [4.78, 5) is 17.1. The van der Waals surface area contributed by atoms with Crippen LogP contribution < -0.4 is 15.3 Å². The third kappa shape index (κ3) is 3.80. The van der Waals surface area contributed by atoms with Crippen LogP contribution in [0.4, 0.5) is 0 Å². The molecule has 8 heteroatoms. The van der Waals surface area contributed by atoms with Crippen molar-refractivity contribution in [1.82, 2.24) is 4.57 Å². The second kappa shape index (κ2) is 7.98. The van der Waals surface area contributed by atoms with Crippen molar-refractivity contribution in [1.29, 1.82) is 0 Å². The van der Waals surface area contributed by atoms with E-state index in [0.717, 1.165) is 30.4 Å². The van der Waals surface area contributed by atoms with Crippen LogP contribution >= 0.6 is 23.6 Å². The summed E-state index contributed by atoms with van der Waals surface area (Å²) in [6.45, 7) is 3.74. The van der Waals surface area contributed by atoms with Gasteiger partial charge < -0.3 is 14.6 Å². The Hall–Kier alpha value is -2.29. The molecular weight excluding hydrogens is 396 g/mol. The molecule has 2 aliphatic heterocycles. The van der Waals surface area contributed by atoms with Gasteiger partial charge in [0.2, 0.25) is 5.88 Å². The fraction of sp³-hybridized carbons (Fsp3) is 0.350. The molecule has 0 spiro atoms. The molecule has 2 aliphatic rings. The van der Waals surface area contributed by atoms with Crippen LogP contribution in [-0.4, -0.2) is 34.9 Å². The number of hydrogen-bond donors (Lipinski definition) is 1. The Labute approximate surface area is 171 Å². The lowest BCUT2D eigenvalue weighted by Gasteiger charge is -2.11. The van der Waals surface area contributed by atoms with E-state index in [1.54, 1.807) is 28.9 Å². The summed E-state index contributed by atoms with van der Waals surface area (Å²) < 4.78 is 13.4. The van der Waals surface area contributed by atoms with Crippen LogP contribution in [0, 0.1) is 3.95 Å². The largest absolute Gasteiger partial charge is 0.494 e. The molecule has 3 heterocycles. The Morgan fingerprint density at radius 1 is 1.50 bits per heavy atom. The van der Waals surface area contributed by atoms with Crippen molar-refractivity contribution in [2.75, 3.05) is 13.2 Å². The van der Waals surface area contributed by atoms with E-state index in [0.29, 0.717) is 32.9 Å². The van der Waals surface area contributed by atoms with Crippen molar-refractivity contribution in [3.8, 4) is 11.6 Å². The summed E-state index contributed by atoms with van der Waals surface area (Å²) in [7, 11) is 0. The lowest BCUT2D eigenvalue weighted by atomic mass is 10.1. The number of benzene rings is 1. The number of carbonyl (C=O) groups is 1. The third-order valence-corrected chi connectivity index (χ3v) is 6.07. The van der Waals surface area contributed by atoms with E-state index in [2.05, 4.69) is 4.99 Å². The van der Waals surface area contributed by atoms with E-state index in [9.17, 15) is 9.90 Å². The predicted molar refractivity (Wildman–Crippen MR) is 110 cm³/mol. The first-order chi connectivity index (χ1) is 13.5. The van der Waals surface area contributed by atoms with Gasteiger partial charge in [0.05, 0.1) is 29.5 Å². The topological polar surface area (TPSA) is 73.1 Å². The number of carbonyl (C=O) groups excluding carboxylic acids is 1. The Kier molecular flexibility index (Phi) is 5.43. The number of aromatic nitrogens is 1. The minimum absolute atomic E-state index is 0.0630. The number of hydrogen-bond acceptors (Lipinski definition) is 6. The average molecular weight is 417 g/mol. The maximum absolute atomic E-state index is 12.4. The molecule has 1 aromatic heterocycles. The second-order valence-corrected chi connectivity index (χ2v) is 8.29. The van der Waals surface area contributed by atoms with Gasteiger partial charge in [0.1, 0.15) is 5.75 Å². The monoisotopic (exact) mass is 416 g/mol. The molecule has 1 N–H and O–H groups in total. The van der Waals surface area contributed by atoms with Crippen molar-refractivity contribution in [3.63, 3.8) is 0 Å². The highest BCUT2D eigenvalue weighted by molar-refractivity contribution is 7.73. The maximum atomic E-state index is 12.4. The molecule has 0 bridgehead atoms. The van der Waals surface area contributed by atoms with E-state index in [4.69, 9.17) is 21.7 Å². The highest BCUT2D eigenvalue weighted by Gasteiger charge is 2.20. The van der Waals surface area contributed by atoms with Crippen LogP contribution in [0.2, 0.25) is 0 Å². The highest BCUT2D eigenvalue weighted by atomic mass is 32.1. The predicted octanol–water partition coefficient (Wildman–Crippen LogP) is 2.59. The summed E-state index contributed by atoms with van der Waals surface area (Å²) in [6, 6.07) is 5.42. The number of aromatic hydroxyl groups is 1. The lowest BCUT2D eigenvalue weighted by Crippen LogP contribution is -2.30. The Morgan fingerprint density at radius 2 is 2.36 bits per heavy atom. The van der Waals surface area contributed by atoms with Crippen LogP contribution in [0.15, 0.2) is 28.8 Å². The van der Waals surface area contributed by atoms with Crippen LogP contribution in [0.25, 0.3) is 12.2 Å². The van der Waals surface area contributed by atoms with Crippen LogP contribution in [0.3, 0.4) is 0 Å². The number of fused-ring (bicyclic) bond motifs is 1. The van der Waals surface area contributed by atoms with Gasteiger partial charge in [0, 0.05) is 17.4 Å². The van der Waals surface area contributed by atoms with Crippen LogP contribution in [0.1, 0.15) is 24.6 Å². The SMILES string of the molecule is CCOc1ccc2c(c1)=CC(=Cc1sc(=S)n(C[C@@H]3CCCO3)c1O)C(=O)N=2. The van der Waals surface area contributed by atoms with E-state index in [1.807, 2.05) is 13.0 Å². The van der Waals surface area contributed by atoms with Crippen molar-refractivity contribution in [2.24, 2.45) is 4.99 Å². The van der Waals surface area contributed by atoms with Crippen LogP contribution in [0.5, 0.6) is 11.6 Å². The zero-order valence-electron chi connectivity index (χ0n) is 15.4. The fourth-order valence-electron chi connectivity index (χ4n) is 3.32. The second-order valence-electron chi connectivity index (χ2n) is 6.62. The molecule has 6 nitrogen and oxygen atoms in total. The molecule has 1 amide bonds. The number of rotatable bonds is 5. The Bertz CT molecular complexity index is 1120. The lowest BCUT2D eigenvalue weighted by molar-refractivity contribution is -0.114. The van der Waals surface area contributed by atoms with Gasteiger partial charge in [-0.05, 0) is 62.3 Å². The first-order valence-corrected chi connectivity index (χ1v) is 10.4. The summed E-state index contributed by atoms with van der Waals surface area (Å²) in [5.41, 5.74) is 0.400. The Balaban J connectivity index is 1.70. The van der Waals surface area contributed by atoms with E-state index in [-0.39, 0.29) is 17.9 Å². The van der Waals surface area contributed by atoms with Gasteiger partial charge >= 0.3 is 0 Å². The first-order valence-electron chi connectivity index (χ1n) is 9.18. The molecule has 28 heavy (non-hydrogen) atoms. The minimum atomic E-state index is -0.346. The molecule has 0 radical (unpaired) electrons. The molecule has 2 aromatic rings. The molecule has 4 rings (SSSR count). The molecular formula is C20H20N2O4S2. The van der Waals surface area contributed by atoms with Crippen molar-refractivity contribution >= 4 is 41.6 Å². The highest BCUT2D eigenvalue weighted by Crippen LogP contribution is 2.30. The van der Waals surface area contributed by atoms with Crippen molar-refractivity contribution in [2.45, 2.75) is 32.4 Å². The van der Waals surface area contributed by atoms with Gasteiger partial charge in [-0.1, -0.05) is 0 Å². The molecule has 146 valence electrons. The smallest absolute Gasteiger partial charge is 0.277 e. The zero-order valence-corrected chi connectivity index (χ0v) is 17.0. The van der Waals surface area contributed by atoms with Gasteiger partial charge in [-0.15, -0.1) is 11.3 Å². The molecule has 0 unspecified atom stereocenters. The molecule has 0 aliphatic carbocycles. The molecule has 1 atom stereocenters. The first kappa shape index (κ1) is 19.0. The minimum Gasteiger partial charge on any atom is -0.494 e. The quantitative estimate of drug-likeness (QED) is 0.599. The number of ether oxygens (including phenoxy) is 2. The Morgan fingerprint density at radius 3 is 3.11 bits per heavy atom. The number of amides is 1. The van der Waals surface area contributed by atoms with Gasteiger partial charge in [0.25, 0.3) is 5.91 Å². The summed E-state index contributed by atoms with van der Waals surface area (Å²) in [5, 5.41) is 12.0. The van der Waals surface area contributed by atoms with Crippen molar-refractivity contribution in [3.05, 3.63) is 43.2 Å². The van der Waals surface area contributed by atoms with Crippen molar-refractivity contribution < 1.29 is 19.4 Å². The van der Waals surface area contributed by atoms with Crippen LogP contribution in [-0.2, 0) is 16.1 Å². The summed E-state index contributed by atoms with van der Waals surface area (Å²) >= 11 is 6.67. The summed E-state index contributed by atoms with van der Waals surface area (Å²) in [6.07, 6.45) is 5.45. The number of nitrogens with zero attached hydrogens (tertiary/aromatic N) is 2. The standard InChI is InChI=1S/C20H20N2O4S2/c1-2-25-14-5-6-16-12(9-14)8-13(18(23)21-16)10-17-19(24)22(20(27)28-17)11-15-4-3-7-26-15/h5-6,8-10,15,24H,2-4,7,11H2,1H3/t15-/m0/s1. The molecule has 1 fully saturated rings. The molecule has 1 aromatic carbocycles. The van der Waals surface area contributed by atoms with Gasteiger partial charge in [-0.2, -0.15) is 0 Å². The third-order valence-electron chi connectivity index (χ3n) is 4.68. The number of thiazole rings is 1. The average Bonchev–Trinajstić information content (AvgIpc) is 3.27. The van der Waals surface area contributed by atoms with Gasteiger partial charge in [-0.3, -0.25) is 9.36 Å². The van der Waals surface area contributed by atoms with Gasteiger partial charge in [0.15, 0.2) is 3.95 Å². The fourth-order valence-corrected chi connectivity index (χ4v) is 4.59. The molecule has 1 saturated heterocycles. The van der Waals surface area contributed by atoms with E-state index in [1.165, 1.54) is 11.3 Å². The van der Waals surface area contributed by atoms with E-state index < -0.39 is 0 Å². The van der Waals surface area contributed by atoms with Gasteiger partial charge in [-0.25, -0.2) is 4.99 Å². The zero-order chi connectivity index (χ0) is 19.7. The maximum Gasteiger partial charge on any atom is 0.277 e. The normalized spacial score (nSPS) is 20.0. The molecule has 0 saturated carbocycles. The van der Waals surface area contributed by atoms with E-state index >= 15 is 0 Å².